The second kappa shape index (κ2) is 6.43. The highest BCUT2D eigenvalue weighted by Crippen LogP contribution is 2.27. The maximum absolute atomic E-state index is 9.79. The van der Waals surface area contributed by atoms with Crippen LogP contribution >= 0.6 is 0 Å². The second-order valence-corrected chi connectivity index (χ2v) is 3.97. The topological polar surface area (TPSA) is 47.9 Å². The highest BCUT2D eigenvalue weighted by atomic mass is 16.9. The summed E-state index contributed by atoms with van der Waals surface area (Å²) in [5.41, 5.74) is -0.889. The van der Waals surface area contributed by atoms with E-state index in [0.717, 1.165) is 0 Å². The number of hydrogen-bond donors (Lipinski definition) is 1. The molecule has 0 unspecified atom stereocenters. The lowest BCUT2D eigenvalue weighted by molar-refractivity contribution is -0.389. The monoisotopic (exact) mass is 220 g/mol. The van der Waals surface area contributed by atoms with Crippen molar-refractivity contribution in [2.75, 3.05) is 19.8 Å². The van der Waals surface area contributed by atoms with E-state index in [-0.39, 0.29) is 6.42 Å². The molecule has 0 bridgehead atoms. The van der Waals surface area contributed by atoms with Gasteiger partial charge >= 0.3 is 0 Å². The predicted octanol–water partition coefficient (Wildman–Crippen LogP) is 1.91. The lowest BCUT2D eigenvalue weighted by Gasteiger charge is -2.36. The molecule has 0 aromatic carbocycles. The molecule has 0 saturated heterocycles. The first kappa shape index (κ1) is 14.8. The molecule has 92 valence electrons. The quantitative estimate of drug-likeness (QED) is 0.635. The number of aliphatic hydroxyl groups is 1. The zero-order valence-electron chi connectivity index (χ0n) is 10.5. The Morgan fingerprint density at radius 3 is 1.40 bits per heavy atom. The summed E-state index contributed by atoms with van der Waals surface area (Å²) in [7, 11) is 0. The van der Waals surface area contributed by atoms with E-state index in [1.807, 2.05) is 20.8 Å². The van der Waals surface area contributed by atoms with Crippen molar-refractivity contribution >= 4 is 0 Å². The molecule has 0 atom stereocenters. The van der Waals surface area contributed by atoms with Crippen molar-refractivity contribution in [2.24, 2.45) is 0 Å². The van der Waals surface area contributed by atoms with Crippen molar-refractivity contribution in [2.45, 2.75) is 52.6 Å². The van der Waals surface area contributed by atoms with Gasteiger partial charge in [-0.1, -0.05) is 0 Å². The molecular formula is C11H24O4. The van der Waals surface area contributed by atoms with E-state index < -0.39 is 11.6 Å². The number of hydrogen-bond acceptors (Lipinski definition) is 4. The molecule has 0 aromatic heterocycles. The zero-order valence-corrected chi connectivity index (χ0v) is 10.5. The number of rotatable bonds is 8. The van der Waals surface area contributed by atoms with Crippen LogP contribution in [-0.2, 0) is 14.2 Å². The maximum Gasteiger partial charge on any atom is 0.285 e. The minimum Gasteiger partial charge on any atom is -0.390 e. The Labute approximate surface area is 92.5 Å². The third-order valence-electron chi connectivity index (χ3n) is 1.74. The van der Waals surface area contributed by atoms with Gasteiger partial charge in [-0.2, -0.15) is 0 Å². The van der Waals surface area contributed by atoms with E-state index in [9.17, 15) is 5.11 Å². The lowest BCUT2D eigenvalue weighted by Crippen LogP contribution is -2.45. The van der Waals surface area contributed by atoms with Gasteiger partial charge in [0.25, 0.3) is 5.97 Å². The minimum absolute atomic E-state index is 0.287. The average molecular weight is 220 g/mol. The van der Waals surface area contributed by atoms with E-state index in [0.29, 0.717) is 19.8 Å². The number of ether oxygens (including phenoxy) is 3. The van der Waals surface area contributed by atoms with Gasteiger partial charge in [0.1, 0.15) is 0 Å². The summed E-state index contributed by atoms with van der Waals surface area (Å²) in [6.07, 6.45) is 0.287. The molecular weight excluding hydrogens is 196 g/mol. The Bertz CT molecular complexity index is 145. The maximum atomic E-state index is 9.79. The van der Waals surface area contributed by atoms with Crippen molar-refractivity contribution in [3.05, 3.63) is 0 Å². The Balaban J connectivity index is 4.60. The molecule has 0 aliphatic heterocycles. The summed E-state index contributed by atoms with van der Waals surface area (Å²) in [5, 5.41) is 9.79. The van der Waals surface area contributed by atoms with Gasteiger partial charge in [0, 0.05) is 19.8 Å². The van der Waals surface area contributed by atoms with Crippen LogP contribution in [0.5, 0.6) is 0 Å². The lowest BCUT2D eigenvalue weighted by atomic mass is 10.0. The van der Waals surface area contributed by atoms with Crippen molar-refractivity contribution in [1.29, 1.82) is 0 Å². The van der Waals surface area contributed by atoms with Crippen molar-refractivity contribution in [3.8, 4) is 0 Å². The van der Waals surface area contributed by atoms with Crippen molar-refractivity contribution in [3.63, 3.8) is 0 Å². The summed E-state index contributed by atoms with van der Waals surface area (Å²) in [6, 6.07) is 0. The highest BCUT2D eigenvalue weighted by Gasteiger charge is 2.38. The van der Waals surface area contributed by atoms with E-state index in [1.165, 1.54) is 0 Å². The molecule has 0 saturated carbocycles. The third kappa shape index (κ3) is 6.10. The molecule has 15 heavy (non-hydrogen) atoms. The SMILES string of the molecule is CCOC(CC(C)(C)O)(OCC)OCC. The van der Waals surface area contributed by atoms with Gasteiger partial charge < -0.3 is 19.3 Å². The van der Waals surface area contributed by atoms with Crippen LogP contribution in [0, 0.1) is 0 Å². The van der Waals surface area contributed by atoms with E-state index >= 15 is 0 Å². The highest BCUT2D eigenvalue weighted by molar-refractivity contribution is 4.73. The second-order valence-electron chi connectivity index (χ2n) is 3.97. The van der Waals surface area contributed by atoms with E-state index in [4.69, 9.17) is 14.2 Å². The van der Waals surface area contributed by atoms with Gasteiger partial charge in [0.2, 0.25) is 0 Å². The average Bonchev–Trinajstić information content (AvgIpc) is 2.01. The fourth-order valence-electron chi connectivity index (χ4n) is 1.47. The van der Waals surface area contributed by atoms with Crippen LogP contribution in [0.3, 0.4) is 0 Å². The van der Waals surface area contributed by atoms with E-state index in [2.05, 4.69) is 0 Å². The summed E-state index contributed by atoms with van der Waals surface area (Å²) >= 11 is 0. The van der Waals surface area contributed by atoms with Gasteiger partial charge in [-0.3, -0.25) is 0 Å². The molecule has 0 fully saturated rings. The minimum atomic E-state index is -1.11. The van der Waals surface area contributed by atoms with Crippen LogP contribution in [0.1, 0.15) is 41.0 Å². The molecule has 0 aliphatic carbocycles. The Morgan fingerprint density at radius 2 is 1.20 bits per heavy atom. The van der Waals surface area contributed by atoms with Crippen LogP contribution < -0.4 is 0 Å². The van der Waals surface area contributed by atoms with Crippen LogP contribution in [0.2, 0.25) is 0 Å². The molecule has 1 N–H and O–H groups in total. The molecule has 0 spiro atoms. The molecule has 0 radical (unpaired) electrons. The van der Waals surface area contributed by atoms with Crippen LogP contribution in [0.25, 0.3) is 0 Å². The summed E-state index contributed by atoms with van der Waals surface area (Å²) in [5.74, 6) is -1.11. The smallest absolute Gasteiger partial charge is 0.285 e. The Morgan fingerprint density at radius 1 is 0.867 bits per heavy atom. The molecule has 0 aromatic rings. The van der Waals surface area contributed by atoms with Crippen LogP contribution in [0.15, 0.2) is 0 Å². The Kier molecular flexibility index (Phi) is 6.36. The first-order chi connectivity index (χ1) is 6.89. The summed E-state index contributed by atoms with van der Waals surface area (Å²) in [4.78, 5) is 0. The molecule has 4 heteroatoms. The largest absolute Gasteiger partial charge is 0.390 e. The van der Waals surface area contributed by atoms with Crippen molar-refractivity contribution < 1.29 is 19.3 Å². The fourth-order valence-corrected chi connectivity index (χ4v) is 1.47. The van der Waals surface area contributed by atoms with Crippen molar-refractivity contribution in [1.82, 2.24) is 0 Å². The first-order valence-electron chi connectivity index (χ1n) is 5.53. The predicted molar refractivity (Wildman–Crippen MR) is 58.5 cm³/mol. The standard InChI is InChI=1S/C11H24O4/c1-6-13-11(14-7-2,15-8-3)9-10(4,5)12/h12H,6-9H2,1-5H3. The van der Waals surface area contributed by atoms with Crippen LogP contribution in [-0.4, -0.2) is 36.5 Å². The third-order valence-corrected chi connectivity index (χ3v) is 1.74. The van der Waals surface area contributed by atoms with Gasteiger partial charge in [0.15, 0.2) is 0 Å². The Hall–Kier alpha value is -0.160. The molecule has 4 nitrogen and oxygen atoms in total. The molecule has 0 amide bonds. The molecule has 0 rings (SSSR count). The van der Waals surface area contributed by atoms with Gasteiger partial charge in [-0.15, -0.1) is 0 Å². The van der Waals surface area contributed by atoms with Gasteiger partial charge in [-0.25, -0.2) is 0 Å². The van der Waals surface area contributed by atoms with Crippen LogP contribution in [0.4, 0.5) is 0 Å². The first-order valence-corrected chi connectivity index (χ1v) is 5.53. The van der Waals surface area contributed by atoms with Gasteiger partial charge in [-0.05, 0) is 34.6 Å². The summed E-state index contributed by atoms with van der Waals surface area (Å²) < 4.78 is 16.4. The normalized spacial score (nSPS) is 13.2. The van der Waals surface area contributed by atoms with Gasteiger partial charge in [0.05, 0.1) is 12.0 Å². The van der Waals surface area contributed by atoms with E-state index in [1.54, 1.807) is 13.8 Å². The molecule has 0 aliphatic rings. The summed E-state index contributed by atoms with van der Waals surface area (Å²) in [6.45, 7) is 10.5. The molecule has 0 heterocycles. The fraction of sp³-hybridized carbons (Fsp3) is 1.00. The zero-order chi connectivity index (χ0) is 11.9.